The highest BCUT2D eigenvalue weighted by molar-refractivity contribution is 5.83. The summed E-state index contributed by atoms with van der Waals surface area (Å²) in [5.41, 5.74) is 6.00. The molecule has 2 heterocycles. The molecule has 2 fully saturated rings. The fourth-order valence-electron chi connectivity index (χ4n) is 2.84. The molecule has 3 atom stereocenters. The molecule has 0 aromatic carbocycles. The Morgan fingerprint density at radius 2 is 2.13 bits per heavy atom. The third kappa shape index (κ3) is 2.16. The van der Waals surface area contributed by atoms with Gasteiger partial charge in [-0.05, 0) is 18.8 Å². The van der Waals surface area contributed by atoms with Crippen molar-refractivity contribution in [3.05, 3.63) is 0 Å². The van der Waals surface area contributed by atoms with Gasteiger partial charge in [-0.1, -0.05) is 6.92 Å². The van der Waals surface area contributed by atoms with Crippen molar-refractivity contribution < 1.29 is 4.79 Å². The average Bonchev–Trinajstić information content (AvgIpc) is 2.46. The highest BCUT2D eigenvalue weighted by Crippen LogP contribution is 2.22. The minimum Gasteiger partial charge on any atom is -0.344 e. The van der Waals surface area contributed by atoms with E-state index in [1.807, 2.05) is 11.9 Å². The number of nitrogens with two attached hydrogens (primary N) is 1. The molecular formula is C11H21N3O. The lowest BCUT2D eigenvalue weighted by atomic mass is 9.95. The smallest absolute Gasteiger partial charge is 0.239 e. The molecule has 0 aromatic heterocycles. The highest BCUT2D eigenvalue weighted by Gasteiger charge is 2.36. The Morgan fingerprint density at radius 3 is 2.67 bits per heavy atom. The number of amides is 1. The summed E-state index contributed by atoms with van der Waals surface area (Å²) < 4.78 is 0. The standard InChI is InChI=1S/C11H21N3O/c1-8-5-9(12)7-14(6-8)10-3-4-13(2)11(10)15/h8-10H,3-7,12H2,1-2H3. The molecule has 86 valence electrons. The molecule has 2 saturated heterocycles. The lowest BCUT2D eigenvalue weighted by Gasteiger charge is -2.37. The number of likely N-dealkylation sites (N-methyl/N-ethyl adjacent to an activating group) is 1. The summed E-state index contributed by atoms with van der Waals surface area (Å²) in [6, 6.07) is 0.344. The van der Waals surface area contributed by atoms with Crippen molar-refractivity contribution in [2.24, 2.45) is 11.7 Å². The first kappa shape index (κ1) is 10.9. The topological polar surface area (TPSA) is 49.6 Å². The van der Waals surface area contributed by atoms with Gasteiger partial charge in [-0.15, -0.1) is 0 Å². The number of carbonyl (C=O) groups excluding carboxylic acids is 1. The molecule has 2 aliphatic heterocycles. The van der Waals surface area contributed by atoms with Crippen LogP contribution in [-0.2, 0) is 4.79 Å². The summed E-state index contributed by atoms with van der Waals surface area (Å²) in [4.78, 5) is 16.0. The van der Waals surface area contributed by atoms with Crippen LogP contribution in [0.2, 0.25) is 0 Å². The van der Waals surface area contributed by atoms with E-state index in [0.29, 0.717) is 5.92 Å². The van der Waals surface area contributed by atoms with E-state index in [-0.39, 0.29) is 18.0 Å². The molecule has 0 spiro atoms. The Bertz CT molecular complexity index is 246. The second-order valence-corrected chi connectivity index (χ2v) is 5.12. The molecular weight excluding hydrogens is 190 g/mol. The molecule has 0 bridgehead atoms. The third-order valence-corrected chi connectivity index (χ3v) is 3.56. The monoisotopic (exact) mass is 211 g/mol. The van der Waals surface area contributed by atoms with Crippen molar-refractivity contribution in [2.45, 2.75) is 31.8 Å². The van der Waals surface area contributed by atoms with Crippen molar-refractivity contribution in [3.8, 4) is 0 Å². The van der Waals surface area contributed by atoms with Crippen molar-refractivity contribution in [1.29, 1.82) is 0 Å². The van der Waals surface area contributed by atoms with Crippen LogP contribution in [0.5, 0.6) is 0 Å². The maximum atomic E-state index is 11.9. The normalized spacial score (nSPS) is 38.7. The predicted octanol–water partition coefficient (Wildman–Crippen LogP) is -0.114. The second-order valence-electron chi connectivity index (χ2n) is 5.12. The van der Waals surface area contributed by atoms with Crippen molar-refractivity contribution >= 4 is 5.91 Å². The Balaban J connectivity index is 2.01. The molecule has 2 aliphatic rings. The van der Waals surface area contributed by atoms with Gasteiger partial charge >= 0.3 is 0 Å². The van der Waals surface area contributed by atoms with Crippen LogP contribution in [0, 0.1) is 5.92 Å². The van der Waals surface area contributed by atoms with Crippen LogP contribution >= 0.6 is 0 Å². The maximum Gasteiger partial charge on any atom is 0.239 e. The highest BCUT2D eigenvalue weighted by atomic mass is 16.2. The van der Waals surface area contributed by atoms with E-state index in [4.69, 9.17) is 5.73 Å². The second kappa shape index (κ2) is 4.10. The molecule has 0 aliphatic carbocycles. The van der Waals surface area contributed by atoms with E-state index in [1.54, 1.807) is 0 Å². The minimum absolute atomic E-state index is 0.101. The first-order chi connectivity index (χ1) is 7.08. The fraction of sp³-hybridized carbons (Fsp3) is 0.909. The van der Waals surface area contributed by atoms with E-state index in [2.05, 4.69) is 11.8 Å². The lowest BCUT2D eigenvalue weighted by Crippen LogP contribution is -2.52. The molecule has 0 radical (unpaired) electrons. The van der Waals surface area contributed by atoms with Crippen LogP contribution < -0.4 is 5.73 Å². The summed E-state index contributed by atoms with van der Waals surface area (Å²) in [6.07, 6.45) is 2.06. The fourth-order valence-corrected chi connectivity index (χ4v) is 2.84. The summed E-state index contributed by atoms with van der Waals surface area (Å²) >= 11 is 0. The van der Waals surface area contributed by atoms with Gasteiger partial charge in [-0.25, -0.2) is 0 Å². The van der Waals surface area contributed by atoms with Crippen LogP contribution in [0.3, 0.4) is 0 Å². The van der Waals surface area contributed by atoms with E-state index >= 15 is 0 Å². The van der Waals surface area contributed by atoms with Crippen LogP contribution in [0.1, 0.15) is 19.8 Å². The molecule has 15 heavy (non-hydrogen) atoms. The minimum atomic E-state index is 0.101. The number of hydrogen-bond acceptors (Lipinski definition) is 3. The zero-order chi connectivity index (χ0) is 11.0. The van der Waals surface area contributed by atoms with Crippen LogP contribution in [0.4, 0.5) is 0 Å². The Hall–Kier alpha value is -0.610. The quantitative estimate of drug-likeness (QED) is 0.658. The van der Waals surface area contributed by atoms with Gasteiger partial charge in [0.1, 0.15) is 0 Å². The number of carbonyl (C=O) groups is 1. The molecule has 1 amide bonds. The van der Waals surface area contributed by atoms with Crippen molar-refractivity contribution in [2.75, 3.05) is 26.7 Å². The SMILES string of the molecule is CC1CC(N)CN(C2CCN(C)C2=O)C1. The Labute approximate surface area is 91.4 Å². The Morgan fingerprint density at radius 1 is 1.40 bits per heavy atom. The number of hydrogen-bond donors (Lipinski definition) is 1. The first-order valence-corrected chi connectivity index (χ1v) is 5.82. The first-order valence-electron chi connectivity index (χ1n) is 5.82. The summed E-state index contributed by atoms with van der Waals surface area (Å²) in [6.45, 7) is 5.02. The van der Waals surface area contributed by atoms with Gasteiger partial charge in [-0.2, -0.15) is 0 Å². The molecule has 4 heteroatoms. The number of likely N-dealkylation sites (tertiary alicyclic amines) is 2. The number of rotatable bonds is 1. The van der Waals surface area contributed by atoms with Crippen LogP contribution in [-0.4, -0.2) is 54.5 Å². The predicted molar refractivity (Wildman–Crippen MR) is 59.4 cm³/mol. The van der Waals surface area contributed by atoms with Gasteiger partial charge in [0, 0.05) is 32.7 Å². The third-order valence-electron chi connectivity index (χ3n) is 3.56. The van der Waals surface area contributed by atoms with E-state index in [9.17, 15) is 4.79 Å². The van der Waals surface area contributed by atoms with Crippen LogP contribution in [0.15, 0.2) is 0 Å². The zero-order valence-corrected chi connectivity index (χ0v) is 9.65. The molecule has 4 nitrogen and oxygen atoms in total. The van der Waals surface area contributed by atoms with Gasteiger partial charge in [0.05, 0.1) is 6.04 Å². The largest absolute Gasteiger partial charge is 0.344 e. The molecule has 3 unspecified atom stereocenters. The zero-order valence-electron chi connectivity index (χ0n) is 9.65. The molecule has 2 rings (SSSR count). The van der Waals surface area contributed by atoms with Crippen molar-refractivity contribution in [1.82, 2.24) is 9.80 Å². The summed E-state index contributed by atoms with van der Waals surface area (Å²) in [5, 5.41) is 0. The van der Waals surface area contributed by atoms with Gasteiger partial charge in [0.2, 0.25) is 5.91 Å². The molecule has 0 aromatic rings. The summed E-state index contributed by atoms with van der Waals surface area (Å²) in [7, 11) is 1.88. The van der Waals surface area contributed by atoms with Gasteiger partial charge < -0.3 is 10.6 Å². The number of nitrogens with zero attached hydrogens (tertiary/aromatic N) is 2. The van der Waals surface area contributed by atoms with E-state index in [1.165, 1.54) is 0 Å². The van der Waals surface area contributed by atoms with E-state index < -0.39 is 0 Å². The Kier molecular flexibility index (Phi) is 2.98. The molecule has 0 saturated carbocycles. The van der Waals surface area contributed by atoms with Crippen molar-refractivity contribution in [3.63, 3.8) is 0 Å². The maximum absolute atomic E-state index is 11.9. The lowest BCUT2D eigenvalue weighted by molar-refractivity contribution is -0.131. The number of piperidine rings is 1. The van der Waals surface area contributed by atoms with Gasteiger partial charge in [0.25, 0.3) is 0 Å². The van der Waals surface area contributed by atoms with Crippen LogP contribution in [0.25, 0.3) is 0 Å². The van der Waals surface area contributed by atoms with Gasteiger partial charge in [0.15, 0.2) is 0 Å². The summed E-state index contributed by atoms with van der Waals surface area (Å²) in [5.74, 6) is 0.892. The molecule has 2 N–H and O–H groups in total. The van der Waals surface area contributed by atoms with Gasteiger partial charge in [-0.3, -0.25) is 9.69 Å². The average molecular weight is 211 g/mol. The van der Waals surface area contributed by atoms with E-state index in [0.717, 1.165) is 32.5 Å².